The summed E-state index contributed by atoms with van der Waals surface area (Å²) in [5.41, 5.74) is 2.05. The molecule has 0 saturated heterocycles. The van der Waals surface area contributed by atoms with E-state index in [0.717, 1.165) is 24.1 Å². The molecule has 1 aromatic carbocycles. The predicted octanol–water partition coefficient (Wildman–Crippen LogP) is 2.61. The number of aliphatic imine (C=N–C) groups is 1. The van der Waals surface area contributed by atoms with Gasteiger partial charge in [-0.2, -0.15) is 5.10 Å². The molecule has 8 nitrogen and oxygen atoms in total. The number of rotatable bonds is 10. The van der Waals surface area contributed by atoms with Gasteiger partial charge >= 0.3 is 0 Å². The number of hydrogen-bond acceptors (Lipinski definition) is 4. The van der Waals surface area contributed by atoms with E-state index in [1.165, 1.54) is 6.42 Å². The third kappa shape index (κ3) is 8.08. The number of halogens is 1. The highest BCUT2D eigenvalue weighted by atomic mass is 127. The number of para-hydroxylation sites is 1. The average Bonchev–Trinajstić information content (AvgIpc) is 3.15. The van der Waals surface area contributed by atoms with Crippen LogP contribution in [0.3, 0.4) is 0 Å². The van der Waals surface area contributed by atoms with Crippen LogP contribution in [0.25, 0.3) is 5.69 Å². The largest absolute Gasteiger partial charge is 0.357 e. The molecule has 1 saturated carbocycles. The van der Waals surface area contributed by atoms with Crippen molar-refractivity contribution in [2.45, 2.75) is 32.7 Å². The van der Waals surface area contributed by atoms with E-state index < -0.39 is 10.0 Å². The molecule has 0 aliphatic heterocycles. The van der Waals surface area contributed by atoms with Crippen molar-refractivity contribution in [1.82, 2.24) is 24.7 Å². The van der Waals surface area contributed by atoms with Crippen molar-refractivity contribution in [1.29, 1.82) is 0 Å². The van der Waals surface area contributed by atoms with Crippen molar-refractivity contribution in [3.63, 3.8) is 0 Å². The molecule has 0 atom stereocenters. The van der Waals surface area contributed by atoms with Gasteiger partial charge in [0.05, 0.1) is 24.2 Å². The van der Waals surface area contributed by atoms with Crippen molar-refractivity contribution < 1.29 is 8.42 Å². The van der Waals surface area contributed by atoms with E-state index in [-0.39, 0.29) is 36.3 Å². The van der Waals surface area contributed by atoms with Crippen LogP contribution in [0.5, 0.6) is 0 Å². The Morgan fingerprint density at radius 1 is 1.29 bits per heavy atom. The molecule has 10 heteroatoms. The van der Waals surface area contributed by atoms with Gasteiger partial charge in [0.15, 0.2) is 5.96 Å². The number of benzene rings is 1. The van der Waals surface area contributed by atoms with Gasteiger partial charge in [-0.05, 0) is 37.8 Å². The van der Waals surface area contributed by atoms with Crippen LogP contribution in [-0.2, 0) is 16.6 Å². The van der Waals surface area contributed by atoms with Gasteiger partial charge in [0.1, 0.15) is 0 Å². The van der Waals surface area contributed by atoms with Crippen LogP contribution in [0.4, 0.5) is 0 Å². The molecule has 0 amide bonds. The number of nitrogens with zero attached hydrogens (tertiary/aromatic N) is 4. The molecule has 0 bridgehead atoms. The quantitative estimate of drug-likeness (QED) is 0.265. The molecule has 1 fully saturated rings. The fraction of sp³-hybridized carbons (Fsp3) is 0.524. The first kappa shape index (κ1) is 25.6. The number of aromatic nitrogens is 2. The molecule has 0 unspecified atom stereocenters. The van der Waals surface area contributed by atoms with Gasteiger partial charge in [-0.3, -0.25) is 4.99 Å². The Morgan fingerprint density at radius 3 is 2.68 bits per heavy atom. The zero-order valence-electron chi connectivity index (χ0n) is 18.2. The third-order valence-corrected chi connectivity index (χ3v) is 6.54. The number of sulfonamides is 1. The Kier molecular flexibility index (Phi) is 10.2. The Morgan fingerprint density at radius 2 is 2.03 bits per heavy atom. The van der Waals surface area contributed by atoms with Gasteiger partial charge in [0.25, 0.3) is 0 Å². The first-order valence-corrected chi connectivity index (χ1v) is 12.2. The normalized spacial score (nSPS) is 14.6. The summed E-state index contributed by atoms with van der Waals surface area (Å²) in [7, 11) is -1.36. The van der Waals surface area contributed by atoms with E-state index in [1.54, 1.807) is 0 Å². The first-order chi connectivity index (χ1) is 14.5. The molecule has 31 heavy (non-hydrogen) atoms. The molecule has 0 radical (unpaired) electrons. The van der Waals surface area contributed by atoms with Gasteiger partial charge < -0.3 is 10.2 Å². The number of hydrogen-bond donors (Lipinski definition) is 2. The maximum Gasteiger partial charge on any atom is 0.213 e. The fourth-order valence-electron chi connectivity index (χ4n) is 3.27. The van der Waals surface area contributed by atoms with E-state index >= 15 is 0 Å². The maximum atomic E-state index is 12.2. The fourth-order valence-corrected chi connectivity index (χ4v) is 4.23. The van der Waals surface area contributed by atoms with Crippen LogP contribution in [-0.4, -0.2) is 61.5 Å². The van der Waals surface area contributed by atoms with E-state index in [4.69, 9.17) is 0 Å². The molecule has 1 aliphatic carbocycles. The Hall–Kier alpha value is -1.66. The van der Waals surface area contributed by atoms with Gasteiger partial charge in [0, 0.05) is 38.4 Å². The molecule has 0 spiro atoms. The molecule has 1 aromatic heterocycles. The molecule has 1 aliphatic rings. The van der Waals surface area contributed by atoms with Crippen LogP contribution < -0.4 is 10.0 Å². The van der Waals surface area contributed by atoms with Gasteiger partial charge in [-0.25, -0.2) is 17.8 Å². The summed E-state index contributed by atoms with van der Waals surface area (Å²) >= 11 is 0. The lowest BCUT2D eigenvalue weighted by Crippen LogP contribution is -2.39. The standard InChI is InChI=1S/C21H32N6O2S.HI/c1-3-22-21(23-12-13-30(28,29)25-15-18-8-7-9-18)26(2)16-19-14-24-27(17-19)20-10-5-4-6-11-20;/h4-6,10-11,14,17-18,25H,3,7-9,12-13,15-16H2,1-2H3,(H,22,23);1H. The summed E-state index contributed by atoms with van der Waals surface area (Å²) in [6.45, 7) is 4.09. The zero-order valence-corrected chi connectivity index (χ0v) is 21.3. The second-order valence-electron chi connectivity index (χ2n) is 7.68. The lowest BCUT2D eigenvalue weighted by molar-refractivity contribution is 0.316. The molecule has 2 N–H and O–H groups in total. The smallest absolute Gasteiger partial charge is 0.213 e. The van der Waals surface area contributed by atoms with Gasteiger partial charge in [0.2, 0.25) is 10.0 Å². The highest BCUT2D eigenvalue weighted by molar-refractivity contribution is 14.0. The topological polar surface area (TPSA) is 91.6 Å². The molecular weight excluding hydrogens is 527 g/mol. The first-order valence-electron chi connectivity index (χ1n) is 10.5. The summed E-state index contributed by atoms with van der Waals surface area (Å²) < 4.78 is 28.9. The Labute approximate surface area is 202 Å². The highest BCUT2D eigenvalue weighted by Gasteiger charge is 2.20. The second kappa shape index (κ2) is 12.4. The van der Waals surface area contributed by atoms with Crippen LogP contribution in [0, 0.1) is 5.92 Å². The summed E-state index contributed by atoms with van der Waals surface area (Å²) in [5.74, 6) is 1.18. The maximum absolute atomic E-state index is 12.2. The van der Waals surface area contributed by atoms with Gasteiger partial charge in [-0.1, -0.05) is 24.6 Å². The minimum Gasteiger partial charge on any atom is -0.357 e. The molecule has 1 heterocycles. The lowest BCUT2D eigenvalue weighted by Gasteiger charge is -2.25. The predicted molar refractivity (Wildman–Crippen MR) is 136 cm³/mol. The Balaban J connectivity index is 0.00000341. The van der Waals surface area contributed by atoms with E-state index in [9.17, 15) is 8.42 Å². The van der Waals surface area contributed by atoms with Crippen molar-refractivity contribution in [3.05, 3.63) is 48.3 Å². The van der Waals surface area contributed by atoms with Crippen molar-refractivity contribution in [2.75, 3.05) is 32.4 Å². The Bertz CT molecular complexity index is 928. The monoisotopic (exact) mass is 560 g/mol. The van der Waals surface area contributed by atoms with Crippen LogP contribution in [0.2, 0.25) is 0 Å². The molecule has 172 valence electrons. The summed E-state index contributed by atoms with van der Waals surface area (Å²) in [4.78, 5) is 6.48. The minimum atomic E-state index is -3.29. The number of guanidine groups is 1. The summed E-state index contributed by atoms with van der Waals surface area (Å²) in [6.07, 6.45) is 7.28. The van der Waals surface area contributed by atoms with E-state index in [2.05, 4.69) is 20.1 Å². The van der Waals surface area contributed by atoms with Gasteiger partial charge in [-0.15, -0.1) is 24.0 Å². The SMILES string of the molecule is CCNC(=NCCS(=O)(=O)NCC1CCC1)N(C)Cc1cnn(-c2ccccc2)c1.I. The van der Waals surface area contributed by atoms with E-state index in [0.29, 0.717) is 31.5 Å². The highest BCUT2D eigenvalue weighted by Crippen LogP contribution is 2.25. The molecule has 2 aromatic rings. The van der Waals surface area contributed by atoms with E-state index in [1.807, 2.05) is 66.3 Å². The molecular formula is C21H33IN6O2S. The van der Waals surface area contributed by atoms with Crippen molar-refractivity contribution >= 4 is 40.0 Å². The lowest BCUT2D eigenvalue weighted by atomic mass is 9.86. The minimum absolute atomic E-state index is 0. The van der Waals surface area contributed by atoms with Crippen molar-refractivity contribution in [2.24, 2.45) is 10.9 Å². The molecule has 3 rings (SSSR count). The summed E-state index contributed by atoms with van der Waals surface area (Å²) in [5, 5.41) is 7.66. The second-order valence-corrected chi connectivity index (χ2v) is 9.61. The average molecular weight is 561 g/mol. The summed E-state index contributed by atoms with van der Waals surface area (Å²) in [6, 6.07) is 9.95. The zero-order chi connectivity index (χ0) is 21.4. The number of nitrogens with one attached hydrogen (secondary N) is 2. The van der Waals surface area contributed by atoms with Crippen molar-refractivity contribution in [3.8, 4) is 5.69 Å². The van der Waals surface area contributed by atoms with Crippen LogP contribution >= 0.6 is 24.0 Å². The van der Waals surface area contributed by atoms with Crippen LogP contribution in [0.1, 0.15) is 31.7 Å². The third-order valence-electron chi connectivity index (χ3n) is 5.21. The van der Waals surface area contributed by atoms with Crippen LogP contribution in [0.15, 0.2) is 47.7 Å².